The summed E-state index contributed by atoms with van der Waals surface area (Å²) in [5.74, 6) is -0.499. The summed E-state index contributed by atoms with van der Waals surface area (Å²) in [5, 5.41) is 10.2. The number of halogens is 1. The first-order chi connectivity index (χ1) is 13.9. The Labute approximate surface area is 167 Å². The van der Waals surface area contributed by atoms with Gasteiger partial charge in [0.15, 0.2) is 0 Å². The van der Waals surface area contributed by atoms with Crippen LogP contribution in [-0.4, -0.2) is 30.5 Å². The predicted octanol–water partition coefficient (Wildman–Crippen LogP) is 3.44. The smallest absolute Gasteiger partial charge is 0.240 e. The molecule has 6 nitrogen and oxygen atoms in total. The van der Waals surface area contributed by atoms with E-state index < -0.39 is 15.8 Å². The average molecular weight is 411 g/mol. The van der Waals surface area contributed by atoms with Crippen molar-refractivity contribution in [2.24, 2.45) is 0 Å². The van der Waals surface area contributed by atoms with Crippen molar-refractivity contribution in [1.29, 1.82) is 0 Å². The molecule has 4 rings (SSSR count). The van der Waals surface area contributed by atoms with E-state index in [1.165, 1.54) is 19.2 Å². The molecule has 2 aromatic heterocycles. The monoisotopic (exact) mass is 411 g/mol. The van der Waals surface area contributed by atoms with Crippen molar-refractivity contribution in [2.75, 3.05) is 7.05 Å². The number of fused-ring (bicyclic) bond motifs is 1. The van der Waals surface area contributed by atoms with Crippen molar-refractivity contribution >= 4 is 21.1 Å². The van der Waals surface area contributed by atoms with E-state index in [1.807, 2.05) is 0 Å². The Balaban J connectivity index is 1.81. The van der Waals surface area contributed by atoms with Crippen LogP contribution in [0.25, 0.3) is 33.3 Å². The normalized spacial score (nSPS) is 11.8. The van der Waals surface area contributed by atoms with Gasteiger partial charge in [0.1, 0.15) is 11.5 Å². The van der Waals surface area contributed by atoms with E-state index in [0.29, 0.717) is 33.5 Å². The van der Waals surface area contributed by atoms with Gasteiger partial charge in [-0.1, -0.05) is 30.3 Å². The summed E-state index contributed by atoms with van der Waals surface area (Å²) in [6.07, 6.45) is 3.22. The van der Waals surface area contributed by atoms with Crippen LogP contribution < -0.4 is 4.72 Å². The lowest BCUT2D eigenvalue weighted by Gasteiger charge is -2.11. The van der Waals surface area contributed by atoms with E-state index in [4.69, 9.17) is 0 Å². The lowest BCUT2D eigenvalue weighted by atomic mass is 9.99. The highest BCUT2D eigenvalue weighted by Crippen LogP contribution is 2.32. The maximum absolute atomic E-state index is 15.0. The number of aliphatic hydroxyl groups excluding tert-OH is 1. The van der Waals surface area contributed by atoms with E-state index in [2.05, 4.69) is 14.7 Å². The quantitative estimate of drug-likeness (QED) is 0.469. The molecule has 29 heavy (non-hydrogen) atoms. The van der Waals surface area contributed by atoms with Crippen molar-refractivity contribution in [3.05, 3.63) is 72.3 Å². The molecule has 0 aliphatic heterocycles. The van der Waals surface area contributed by atoms with Gasteiger partial charge in [-0.15, -0.1) is 0 Å². The van der Waals surface area contributed by atoms with Gasteiger partial charge in [-0.3, -0.25) is 0 Å². The number of aromatic amines is 1. The van der Waals surface area contributed by atoms with Gasteiger partial charge in [0.05, 0.1) is 11.5 Å². The van der Waals surface area contributed by atoms with Gasteiger partial charge in [-0.2, -0.15) is 0 Å². The fourth-order valence-corrected chi connectivity index (χ4v) is 4.26. The van der Waals surface area contributed by atoms with Crippen LogP contribution in [0, 0.1) is 5.82 Å². The van der Waals surface area contributed by atoms with E-state index in [1.54, 1.807) is 48.8 Å². The van der Waals surface area contributed by atoms with Crippen LogP contribution in [0.1, 0.15) is 5.56 Å². The molecule has 2 aromatic carbocycles. The van der Waals surface area contributed by atoms with Crippen molar-refractivity contribution in [3.63, 3.8) is 0 Å². The highest BCUT2D eigenvalue weighted by molar-refractivity contribution is 7.89. The number of hydrogen-bond donors (Lipinski definition) is 3. The number of sulfonamides is 1. The van der Waals surface area contributed by atoms with Crippen molar-refractivity contribution < 1.29 is 17.9 Å². The summed E-state index contributed by atoms with van der Waals surface area (Å²) >= 11 is 0. The third-order valence-electron chi connectivity index (χ3n) is 4.82. The highest BCUT2D eigenvalue weighted by atomic mass is 32.2. The lowest BCUT2D eigenvalue weighted by molar-refractivity contribution is 0.283. The standard InChI is InChI=1S/C21H18FN3O3S/c1-23-29(27,28)20-5-3-2-4-17(20)13-6-7-16(19(22)9-13)14-8-18-15(12-26)11-25-21(18)24-10-14/h2-11,23,26H,12H2,1H3,(H,24,25). The van der Waals surface area contributed by atoms with E-state index in [9.17, 15) is 17.9 Å². The number of aromatic nitrogens is 2. The van der Waals surface area contributed by atoms with Gasteiger partial charge in [0.25, 0.3) is 0 Å². The molecule has 3 N–H and O–H groups in total. The summed E-state index contributed by atoms with van der Waals surface area (Å²) in [6, 6.07) is 12.8. The van der Waals surface area contributed by atoms with Crippen LogP contribution in [0.5, 0.6) is 0 Å². The number of aliphatic hydroxyl groups is 1. The summed E-state index contributed by atoms with van der Waals surface area (Å²) in [6.45, 7) is -0.150. The van der Waals surface area contributed by atoms with Crippen LogP contribution in [0.15, 0.2) is 65.8 Å². The summed E-state index contributed by atoms with van der Waals surface area (Å²) in [4.78, 5) is 7.33. The first-order valence-corrected chi connectivity index (χ1v) is 10.3. The molecule has 0 unspecified atom stereocenters. The van der Waals surface area contributed by atoms with Gasteiger partial charge in [0, 0.05) is 40.0 Å². The lowest BCUT2D eigenvalue weighted by Crippen LogP contribution is -2.19. The molecule has 0 spiro atoms. The molecule has 0 saturated carbocycles. The summed E-state index contributed by atoms with van der Waals surface area (Å²) in [5.41, 5.74) is 3.05. The maximum atomic E-state index is 15.0. The minimum Gasteiger partial charge on any atom is -0.392 e. The van der Waals surface area contributed by atoms with Crippen molar-refractivity contribution in [1.82, 2.24) is 14.7 Å². The summed E-state index contributed by atoms with van der Waals surface area (Å²) < 4.78 is 41.9. The highest BCUT2D eigenvalue weighted by Gasteiger charge is 2.18. The van der Waals surface area contributed by atoms with Crippen LogP contribution >= 0.6 is 0 Å². The topological polar surface area (TPSA) is 95.1 Å². The number of nitrogens with one attached hydrogen (secondary N) is 2. The number of H-pyrrole nitrogens is 1. The van der Waals surface area contributed by atoms with Gasteiger partial charge in [-0.25, -0.2) is 22.5 Å². The minimum absolute atomic E-state index is 0.0812. The Morgan fingerprint density at radius 2 is 1.90 bits per heavy atom. The molecule has 0 fully saturated rings. The molecule has 0 saturated heterocycles. The van der Waals surface area contributed by atoms with Gasteiger partial charge < -0.3 is 10.1 Å². The number of hydrogen-bond acceptors (Lipinski definition) is 4. The maximum Gasteiger partial charge on any atom is 0.240 e. The molecular formula is C21H18FN3O3S. The van der Waals surface area contributed by atoms with Crippen LogP contribution in [0.3, 0.4) is 0 Å². The molecule has 4 aromatic rings. The Morgan fingerprint density at radius 1 is 1.10 bits per heavy atom. The second-order valence-corrected chi connectivity index (χ2v) is 8.35. The molecular weight excluding hydrogens is 393 g/mol. The Morgan fingerprint density at radius 3 is 2.62 bits per heavy atom. The molecule has 2 heterocycles. The fourth-order valence-electron chi connectivity index (χ4n) is 3.30. The zero-order valence-electron chi connectivity index (χ0n) is 15.5. The van der Waals surface area contributed by atoms with Gasteiger partial charge >= 0.3 is 0 Å². The number of nitrogens with zero attached hydrogens (tertiary/aromatic N) is 1. The summed E-state index contributed by atoms with van der Waals surface area (Å²) in [7, 11) is -2.35. The largest absolute Gasteiger partial charge is 0.392 e. The van der Waals surface area contributed by atoms with E-state index >= 15 is 0 Å². The molecule has 0 atom stereocenters. The zero-order chi connectivity index (χ0) is 20.6. The molecule has 148 valence electrons. The van der Waals surface area contributed by atoms with Gasteiger partial charge in [-0.05, 0) is 30.8 Å². The van der Waals surface area contributed by atoms with Crippen LogP contribution in [-0.2, 0) is 16.6 Å². The van der Waals surface area contributed by atoms with Crippen LogP contribution in [0.4, 0.5) is 4.39 Å². The molecule has 0 amide bonds. The number of pyridine rings is 1. The first kappa shape index (κ1) is 19.3. The first-order valence-electron chi connectivity index (χ1n) is 8.84. The third-order valence-corrected chi connectivity index (χ3v) is 6.30. The number of rotatable bonds is 5. The molecule has 0 aliphatic carbocycles. The van der Waals surface area contributed by atoms with Gasteiger partial charge in [0.2, 0.25) is 10.0 Å². The second-order valence-electron chi connectivity index (χ2n) is 6.49. The molecule has 8 heteroatoms. The Hall–Kier alpha value is -3.07. The van der Waals surface area contributed by atoms with Crippen molar-refractivity contribution in [3.8, 4) is 22.3 Å². The predicted molar refractivity (Wildman–Crippen MR) is 109 cm³/mol. The molecule has 0 bridgehead atoms. The van der Waals surface area contributed by atoms with Crippen LogP contribution in [0.2, 0.25) is 0 Å². The molecule has 0 aliphatic rings. The Bertz CT molecular complexity index is 1320. The minimum atomic E-state index is -3.69. The van der Waals surface area contributed by atoms with Crippen molar-refractivity contribution in [2.45, 2.75) is 11.5 Å². The fraction of sp³-hybridized carbons (Fsp3) is 0.0952. The zero-order valence-corrected chi connectivity index (χ0v) is 16.3. The molecule has 0 radical (unpaired) electrons. The number of benzene rings is 2. The van der Waals surface area contributed by atoms with E-state index in [-0.39, 0.29) is 11.5 Å². The third kappa shape index (κ3) is 3.42. The van der Waals surface area contributed by atoms with E-state index in [0.717, 1.165) is 5.39 Å². The SMILES string of the molecule is CNS(=O)(=O)c1ccccc1-c1ccc(-c2cnc3[nH]cc(CO)c3c2)c(F)c1. The Kier molecular flexibility index (Phi) is 4.91. The average Bonchev–Trinajstić information content (AvgIpc) is 3.16. The second kappa shape index (κ2) is 7.40.